The van der Waals surface area contributed by atoms with Crippen molar-refractivity contribution < 1.29 is 19.1 Å². The second-order valence-electron chi connectivity index (χ2n) is 5.58. The predicted octanol–water partition coefficient (Wildman–Crippen LogP) is 3.72. The molecule has 0 saturated heterocycles. The summed E-state index contributed by atoms with van der Waals surface area (Å²) in [5, 5.41) is 14.0. The highest BCUT2D eigenvalue weighted by molar-refractivity contribution is 9.10. The van der Waals surface area contributed by atoms with Gasteiger partial charge in [0.1, 0.15) is 11.5 Å². The van der Waals surface area contributed by atoms with Crippen LogP contribution in [0.4, 0.5) is 0 Å². The van der Waals surface area contributed by atoms with E-state index in [1.807, 2.05) is 0 Å². The summed E-state index contributed by atoms with van der Waals surface area (Å²) < 4.78 is 6.28. The lowest BCUT2D eigenvalue weighted by Crippen LogP contribution is -2.17. The highest BCUT2D eigenvalue weighted by Gasteiger charge is 2.22. The Hall–Kier alpha value is -3.03. The molecule has 3 rings (SSSR count). The molecule has 1 amide bonds. The molecular formula is C20H15BrN2O4. The second-order valence-corrected chi connectivity index (χ2v) is 6.49. The molecule has 7 heteroatoms. The average molecular weight is 427 g/mol. The van der Waals surface area contributed by atoms with Gasteiger partial charge in [0.2, 0.25) is 0 Å². The molecule has 0 saturated carbocycles. The lowest BCUT2D eigenvalue weighted by Gasteiger charge is -2.06. The largest absolute Gasteiger partial charge is 0.457 e. The van der Waals surface area contributed by atoms with E-state index in [1.165, 1.54) is 12.3 Å². The van der Waals surface area contributed by atoms with Gasteiger partial charge in [-0.2, -0.15) is 5.10 Å². The molecule has 0 aliphatic rings. The standard InChI is InChI=1S/C20H15BrN2O4/c21-15-8-6-14(7-9-15)20(26)23-22-12-16-10-11-17(27-16)19(25)18(24)13-4-2-1-3-5-13/h1-12,19,25H,(H,23,26)/b22-12+. The second kappa shape index (κ2) is 8.57. The number of hydrazone groups is 1. The minimum absolute atomic E-state index is 0.101. The maximum atomic E-state index is 12.2. The zero-order chi connectivity index (χ0) is 19.2. The molecule has 1 heterocycles. The van der Waals surface area contributed by atoms with Crippen LogP contribution in [0.25, 0.3) is 0 Å². The van der Waals surface area contributed by atoms with Crippen molar-refractivity contribution in [2.24, 2.45) is 5.10 Å². The van der Waals surface area contributed by atoms with Crippen molar-refractivity contribution in [1.29, 1.82) is 0 Å². The van der Waals surface area contributed by atoms with E-state index in [0.29, 0.717) is 16.9 Å². The molecule has 2 N–H and O–H groups in total. The maximum Gasteiger partial charge on any atom is 0.271 e. The zero-order valence-corrected chi connectivity index (χ0v) is 15.6. The number of nitrogens with one attached hydrogen (secondary N) is 1. The summed E-state index contributed by atoms with van der Waals surface area (Å²) >= 11 is 3.30. The Bertz CT molecular complexity index is 965. The van der Waals surface area contributed by atoms with Crippen LogP contribution in [0.2, 0.25) is 0 Å². The molecule has 0 spiro atoms. The normalized spacial score (nSPS) is 12.1. The number of hydrogen-bond acceptors (Lipinski definition) is 5. The number of nitrogens with zero attached hydrogens (tertiary/aromatic N) is 1. The van der Waals surface area contributed by atoms with Gasteiger partial charge in [-0.15, -0.1) is 0 Å². The van der Waals surface area contributed by atoms with Crippen LogP contribution in [0.5, 0.6) is 0 Å². The van der Waals surface area contributed by atoms with E-state index in [4.69, 9.17) is 4.42 Å². The summed E-state index contributed by atoms with van der Waals surface area (Å²) in [5.74, 6) is -0.438. The highest BCUT2D eigenvalue weighted by atomic mass is 79.9. The minimum atomic E-state index is -1.41. The first-order chi connectivity index (χ1) is 13.0. The van der Waals surface area contributed by atoms with E-state index in [-0.39, 0.29) is 11.7 Å². The fourth-order valence-corrected chi connectivity index (χ4v) is 2.56. The Morgan fingerprint density at radius 3 is 2.41 bits per heavy atom. The van der Waals surface area contributed by atoms with Crippen molar-refractivity contribution in [1.82, 2.24) is 5.43 Å². The Balaban J connectivity index is 1.62. The van der Waals surface area contributed by atoms with E-state index < -0.39 is 11.9 Å². The molecule has 0 bridgehead atoms. The number of Topliss-reactive ketones (excluding diaryl/α,β-unsaturated/α-hetero) is 1. The summed E-state index contributed by atoms with van der Waals surface area (Å²) in [5.41, 5.74) is 3.22. The molecule has 1 atom stereocenters. The van der Waals surface area contributed by atoms with Gasteiger partial charge in [0.25, 0.3) is 5.91 Å². The monoisotopic (exact) mass is 426 g/mol. The quantitative estimate of drug-likeness (QED) is 0.356. The van der Waals surface area contributed by atoms with Crippen molar-refractivity contribution in [3.05, 3.63) is 93.9 Å². The van der Waals surface area contributed by atoms with Crippen LogP contribution in [0, 0.1) is 0 Å². The van der Waals surface area contributed by atoms with Crippen molar-refractivity contribution in [2.75, 3.05) is 0 Å². The van der Waals surface area contributed by atoms with Gasteiger partial charge in [0.05, 0.1) is 6.21 Å². The van der Waals surface area contributed by atoms with E-state index in [2.05, 4.69) is 26.5 Å². The van der Waals surface area contributed by atoms with E-state index >= 15 is 0 Å². The van der Waals surface area contributed by atoms with Gasteiger partial charge in [0, 0.05) is 15.6 Å². The van der Waals surface area contributed by atoms with Crippen molar-refractivity contribution >= 4 is 33.8 Å². The van der Waals surface area contributed by atoms with Crippen molar-refractivity contribution in [3.63, 3.8) is 0 Å². The number of amides is 1. The summed E-state index contributed by atoms with van der Waals surface area (Å²) in [6.45, 7) is 0. The SMILES string of the molecule is O=C(N/N=C/c1ccc(C(O)C(=O)c2ccccc2)o1)c1ccc(Br)cc1. The first-order valence-electron chi connectivity index (χ1n) is 8.00. The molecule has 1 aromatic heterocycles. The van der Waals surface area contributed by atoms with Gasteiger partial charge < -0.3 is 9.52 Å². The first kappa shape index (κ1) is 18.8. The lowest BCUT2D eigenvalue weighted by atomic mass is 10.1. The molecule has 6 nitrogen and oxygen atoms in total. The first-order valence-corrected chi connectivity index (χ1v) is 8.80. The van der Waals surface area contributed by atoms with Gasteiger partial charge in [-0.3, -0.25) is 9.59 Å². The number of hydrogen-bond donors (Lipinski definition) is 2. The average Bonchev–Trinajstić information content (AvgIpc) is 3.17. The molecule has 27 heavy (non-hydrogen) atoms. The van der Waals surface area contributed by atoms with Gasteiger partial charge >= 0.3 is 0 Å². The predicted molar refractivity (Wildman–Crippen MR) is 104 cm³/mol. The van der Waals surface area contributed by atoms with Gasteiger partial charge in [-0.1, -0.05) is 46.3 Å². The van der Waals surface area contributed by atoms with E-state index in [9.17, 15) is 14.7 Å². The minimum Gasteiger partial charge on any atom is -0.457 e. The molecule has 3 aromatic rings. The van der Waals surface area contributed by atoms with Crippen LogP contribution < -0.4 is 5.43 Å². The fraction of sp³-hybridized carbons (Fsp3) is 0.0500. The highest BCUT2D eigenvalue weighted by Crippen LogP contribution is 2.20. The van der Waals surface area contributed by atoms with Gasteiger partial charge in [-0.25, -0.2) is 5.43 Å². The Labute approximate surface area is 163 Å². The molecule has 2 aromatic carbocycles. The van der Waals surface area contributed by atoms with E-state index in [1.54, 1.807) is 60.7 Å². The summed E-state index contributed by atoms with van der Waals surface area (Å²) in [7, 11) is 0. The zero-order valence-electron chi connectivity index (χ0n) is 14.0. The molecular weight excluding hydrogens is 412 g/mol. The van der Waals surface area contributed by atoms with Crippen LogP contribution in [0.15, 0.2) is 80.7 Å². The van der Waals surface area contributed by atoms with Crippen LogP contribution in [0.3, 0.4) is 0 Å². The molecule has 0 aliphatic carbocycles. The van der Waals surface area contributed by atoms with Crippen molar-refractivity contribution in [3.8, 4) is 0 Å². The summed E-state index contributed by atoms with van der Waals surface area (Å²) in [6, 6.07) is 18.3. The number of aliphatic hydroxyl groups is 1. The molecule has 0 aliphatic heterocycles. The van der Waals surface area contributed by atoms with Crippen molar-refractivity contribution in [2.45, 2.75) is 6.10 Å². The van der Waals surface area contributed by atoms with Crippen LogP contribution >= 0.6 is 15.9 Å². The Morgan fingerprint density at radius 2 is 1.70 bits per heavy atom. The molecule has 1 unspecified atom stereocenters. The summed E-state index contributed by atoms with van der Waals surface area (Å²) in [6.07, 6.45) is -0.119. The molecule has 0 fully saturated rings. The number of carbonyl (C=O) groups excluding carboxylic acids is 2. The van der Waals surface area contributed by atoms with Gasteiger partial charge in [-0.05, 0) is 36.4 Å². The maximum absolute atomic E-state index is 12.2. The lowest BCUT2D eigenvalue weighted by molar-refractivity contribution is 0.0703. The number of rotatable bonds is 6. The van der Waals surface area contributed by atoms with Crippen LogP contribution in [-0.4, -0.2) is 23.0 Å². The number of benzene rings is 2. The molecule has 0 radical (unpaired) electrons. The van der Waals surface area contributed by atoms with Gasteiger partial charge in [0.15, 0.2) is 11.9 Å². The molecule has 136 valence electrons. The smallest absolute Gasteiger partial charge is 0.271 e. The summed E-state index contributed by atoms with van der Waals surface area (Å²) in [4.78, 5) is 24.2. The number of carbonyl (C=O) groups is 2. The fourth-order valence-electron chi connectivity index (χ4n) is 2.29. The number of furan rings is 1. The van der Waals surface area contributed by atoms with E-state index in [0.717, 1.165) is 4.47 Å². The topological polar surface area (TPSA) is 91.9 Å². The Morgan fingerprint density at radius 1 is 1.00 bits per heavy atom. The van der Waals surface area contributed by atoms with Crippen LogP contribution in [-0.2, 0) is 0 Å². The van der Waals surface area contributed by atoms with Crippen LogP contribution in [0.1, 0.15) is 38.3 Å². The third kappa shape index (κ3) is 4.78. The Kier molecular flexibility index (Phi) is 5.95. The number of ketones is 1. The third-order valence-electron chi connectivity index (χ3n) is 3.69. The number of halogens is 1. The third-order valence-corrected chi connectivity index (χ3v) is 4.22. The number of aliphatic hydroxyl groups excluding tert-OH is 1.